The predicted molar refractivity (Wildman–Crippen MR) is 91.0 cm³/mol. The average Bonchev–Trinajstić information content (AvgIpc) is 3.14. The number of hydrogen-bond donors (Lipinski definition) is 2. The number of aryl methyl sites for hydroxylation is 2. The Morgan fingerprint density at radius 3 is 2.83 bits per heavy atom. The van der Waals surface area contributed by atoms with Crippen molar-refractivity contribution < 1.29 is 9.53 Å². The van der Waals surface area contributed by atoms with Crippen LogP contribution in [0, 0.1) is 0 Å². The van der Waals surface area contributed by atoms with Gasteiger partial charge in [-0.05, 0) is 25.7 Å². The lowest BCUT2D eigenvalue weighted by Crippen LogP contribution is -2.40. The molecule has 1 unspecified atom stereocenters. The number of nitrogens with one attached hydrogen (secondary N) is 1. The Balaban J connectivity index is 0.00000132. The number of halogens is 2. The third-order valence-corrected chi connectivity index (χ3v) is 4.21. The van der Waals surface area contributed by atoms with Gasteiger partial charge >= 0.3 is 0 Å². The van der Waals surface area contributed by atoms with Crippen LogP contribution in [-0.4, -0.2) is 39.4 Å². The molecule has 1 aromatic heterocycles. The van der Waals surface area contributed by atoms with Gasteiger partial charge in [0, 0.05) is 19.5 Å². The summed E-state index contributed by atoms with van der Waals surface area (Å²) in [4.78, 5) is 16.9. The van der Waals surface area contributed by atoms with Gasteiger partial charge in [-0.2, -0.15) is 5.10 Å². The summed E-state index contributed by atoms with van der Waals surface area (Å²) in [6.45, 7) is 3.39. The number of aromatic nitrogens is 3. The van der Waals surface area contributed by atoms with Gasteiger partial charge in [-0.25, -0.2) is 9.67 Å². The molecule has 3 N–H and O–H groups in total. The van der Waals surface area contributed by atoms with E-state index >= 15 is 0 Å². The quantitative estimate of drug-likeness (QED) is 0.833. The standard InChI is InChI=1S/C14H23N5O2.2ClH/c1-2-12-17-13-10(4-3-7-19(13)18-12)16-14(20)11-6-5-9(8-15)21-11;;/h9-11H,2-8,15H2,1H3,(H,16,20);2*1H/t9-,10?,11+;;/m1../s1. The Labute approximate surface area is 148 Å². The van der Waals surface area contributed by atoms with Crippen LogP contribution in [0.25, 0.3) is 0 Å². The molecule has 1 saturated heterocycles. The fourth-order valence-corrected chi connectivity index (χ4v) is 3.02. The fourth-order valence-electron chi connectivity index (χ4n) is 3.02. The number of carbonyl (C=O) groups is 1. The first-order valence-electron chi connectivity index (χ1n) is 7.80. The Morgan fingerprint density at radius 2 is 2.17 bits per heavy atom. The van der Waals surface area contributed by atoms with Crippen molar-refractivity contribution in [3.63, 3.8) is 0 Å². The zero-order chi connectivity index (χ0) is 14.8. The minimum Gasteiger partial charge on any atom is -0.364 e. The molecular weight excluding hydrogens is 341 g/mol. The number of nitrogens with zero attached hydrogens (tertiary/aromatic N) is 3. The fraction of sp³-hybridized carbons (Fsp3) is 0.786. The number of ether oxygens (including phenoxy) is 1. The third-order valence-electron chi connectivity index (χ3n) is 4.21. The monoisotopic (exact) mass is 365 g/mol. The molecule has 23 heavy (non-hydrogen) atoms. The molecule has 0 bridgehead atoms. The molecule has 1 amide bonds. The summed E-state index contributed by atoms with van der Waals surface area (Å²) in [5, 5.41) is 7.53. The van der Waals surface area contributed by atoms with Gasteiger partial charge in [-0.15, -0.1) is 24.8 Å². The number of amides is 1. The van der Waals surface area contributed by atoms with Crippen molar-refractivity contribution in [3.8, 4) is 0 Å². The Kier molecular flexibility index (Phi) is 7.73. The van der Waals surface area contributed by atoms with Gasteiger partial charge in [0.05, 0.1) is 12.1 Å². The summed E-state index contributed by atoms with van der Waals surface area (Å²) >= 11 is 0. The Hall–Kier alpha value is -0.890. The molecule has 3 rings (SSSR count). The van der Waals surface area contributed by atoms with Gasteiger partial charge in [0.15, 0.2) is 5.82 Å². The highest BCUT2D eigenvalue weighted by Gasteiger charge is 2.33. The highest BCUT2D eigenvalue weighted by Crippen LogP contribution is 2.25. The van der Waals surface area contributed by atoms with E-state index in [1.807, 2.05) is 11.6 Å². The molecule has 2 aliphatic rings. The second-order valence-corrected chi connectivity index (χ2v) is 5.73. The normalized spacial score (nSPS) is 25.9. The van der Waals surface area contributed by atoms with Crippen LogP contribution in [-0.2, 0) is 22.5 Å². The molecule has 3 atom stereocenters. The maximum atomic E-state index is 12.3. The van der Waals surface area contributed by atoms with E-state index < -0.39 is 0 Å². The minimum absolute atomic E-state index is 0. The van der Waals surface area contributed by atoms with Crippen molar-refractivity contribution in [1.29, 1.82) is 0 Å². The van der Waals surface area contributed by atoms with Crippen molar-refractivity contribution >= 4 is 30.7 Å². The SMILES string of the molecule is CCc1nc2n(n1)CCCC2NC(=O)[C@@H]1CC[C@H](CN)O1.Cl.Cl. The molecule has 7 nitrogen and oxygen atoms in total. The van der Waals surface area contributed by atoms with Gasteiger partial charge in [0.25, 0.3) is 0 Å². The molecule has 0 spiro atoms. The van der Waals surface area contributed by atoms with Crippen LogP contribution in [0.5, 0.6) is 0 Å². The lowest BCUT2D eigenvalue weighted by Gasteiger charge is -2.24. The zero-order valence-electron chi connectivity index (χ0n) is 13.2. The maximum Gasteiger partial charge on any atom is 0.249 e. The molecular formula is C14H25Cl2N5O2. The van der Waals surface area contributed by atoms with Gasteiger partial charge in [0.2, 0.25) is 5.91 Å². The second-order valence-electron chi connectivity index (χ2n) is 5.73. The summed E-state index contributed by atoms with van der Waals surface area (Å²) < 4.78 is 7.57. The summed E-state index contributed by atoms with van der Waals surface area (Å²) in [5.74, 6) is 1.66. The number of rotatable bonds is 4. The van der Waals surface area contributed by atoms with E-state index in [1.54, 1.807) is 0 Å². The number of fused-ring (bicyclic) bond motifs is 1. The number of nitrogens with two attached hydrogens (primary N) is 1. The highest BCUT2D eigenvalue weighted by atomic mass is 35.5. The van der Waals surface area contributed by atoms with E-state index in [4.69, 9.17) is 10.5 Å². The summed E-state index contributed by atoms with van der Waals surface area (Å²) in [7, 11) is 0. The Morgan fingerprint density at radius 1 is 1.39 bits per heavy atom. The summed E-state index contributed by atoms with van der Waals surface area (Å²) in [6, 6.07) is -0.0559. The first-order chi connectivity index (χ1) is 10.2. The first-order valence-corrected chi connectivity index (χ1v) is 7.80. The summed E-state index contributed by atoms with van der Waals surface area (Å²) in [5.41, 5.74) is 5.58. The van der Waals surface area contributed by atoms with Gasteiger partial charge in [0.1, 0.15) is 11.9 Å². The van der Waals surface area contributed by atoms with Crippen LogP contribution < -0.4 is 11.1 Å². The molecule has 2 aliphatic heterocycles. The van der Waals surface area contributed by atoms with Crippen LogP contribution in [0.4, 0.5) is 0 Å². The van der Waals surface area contributed by atoms with Crippen LogP contribution in [0.1, 0.15) is 50.3 Å². The predicted octanol–water partition coefficient (Wildman–Crippen LogP) is 1.14. The van der Waals surface area contributed by atoms with Crippen LogP contribution in [0.15, 0.2) is 0 Å². The van der Waals surface area contributed by atoms with Crippen molar-refractivity contribution in [2.75, 3.05) is 6.54 Å². The Bertz CT molecular complexity index is 525. The van der Waals surface area contributed by atoms with Crippen LogP contribution >= 0.6 is 24.8 Å². The van der Waals surface area contributed by atoms with Crippen molar-refractivity contribution in [2.24, 2.45) is 5.73 Å². The topological polar surface area (TPSA) is 95.1 Å². The first kappa shape index (κ1) is 20.2. The second kappa shape index (κ2) is 8.82. The molecule has 0 radical (unpaired) electrons. The third kappa shape index (κ3) is 4.35. The molecule has 0 aromatic carbocycles. The molecule has 9 heteroatoms. The number of carbonyl (C=O) groups excluding carboxylic acids is 1. The molecule has 0 aliphatic carbocycles. The van der Waals surface area contributed by atoms with E-state index in [-0.39, 0.29) is 49.0 Å². The molecule has 132 valence electrons. The van der Waals surface area contributed by atoms with Crippen molar-refractivity contribution in [3.05, 3.63) is 11.6 Å². The van der Waals surface area contributed by atoms with Gasteiger partial charge in [-0.3, -0.25) is 4.79 Å². The molecule has 0 saturated carbocycles. The molecule has 1 aromatic rings. The average molecular weight is 366 g/mol. The van der Waals surface area contributed by atoms with E-state index in [0.29, 0.717) is 6.54 Å². The lowest BCUT2D eigenvalue weighted by molar-refractivity contribution is -0.132. The van der Waals surface area contributed by atoms with E-state index in [9.17, 15) is 4.79 Å². The zero-order valence-corrected chi connectivity index (χ0v) is 14.9. The maximum absolute atomic E-state index is 12.3. The minimum atomic E-state index is -0.373. The van der Waals surface area contributed by atoms with Crippen LogP contribution in [0.3, 0.4) is 0 Å². The van der Waals surface area contributed by atoms with Gasteiger partial charge in [-0.1, -0.05) is 6.92 Å². The highest BCUT2D eigenvalue weighted by molar-refractivity contribution is 5.85. The van der Waals surface area contributed by atoms with E-state index in [0.717, 1.165) is 50.3 Å². The number of hydrogen-bond acceptors (Lipinski definition) is 5. The lowest BCUT2D eigenvalue weighted by atomic mass is 10.1. The molecule has 1 fully saturated rings. The molecule has 3 heterocycles. The van der Waals surface area contributed by atoms with E-state index in [2.05, 4.69) is 15.4 Å². The largest absolute Gasteiger partial charge is 0.364 e. The smallest absolute Gasteiger partial charge is 0.249 e. The van der Waals surface area contributed by atoms with Crippen LogP contribution in [0.2, 0.25) is 0 Å². The summed E-state index contributed by atoms with van der Waals surface area (Å²) in [6.07, 6.45) is 3.96. The van der Waals surface area contributed by atoms with Crippen molar-refractivity contribution in [2.45, 2.75) is 63.8 Å². The van der Waals surface area contributed by atoms with Crippen molar-refractivity contribution in [1.82, 2.24) is 20.1 Å². The van der Waals surface area contributed by atoms with E-state index in [1.165, 1.54) is 0 Å². The van der Waals surface area contributed by atoms with Gasteiger partial charge < -0.3 is 15.8 Å².